The number of H-pyrrole nitrogens is 1. The van der Waals surface area contributed by atoms with Crippen molar-refractivity contribution in [3.8, 4) is 11.1 Å². The van der Waals surface area contributed by atoms with Gasteiger partial charge in [-0.1, -0.05) is 6.07 Å². The van der Waals surface area contributed by atoms with Crippen LogP contribution >= 0.6 is 0 Å². The Bertz CT molecular complexity index is 468. The Hall–Kier alpha value is -1.68. The topological polar surface area (TPSA) is 67.6 Å². The van der Waals surface area contributed by atoms with Gasteiger partial charge in [-0.25, -0.2) is 0 Å². The first kappa shape index (κ1) is 9.54. The molecule has 0 aromatic carbocycles. The Kier molecular flexibility index (Phi) is 2.04. The Labute approximate surface area is 93.9 Å². The molecule has 0 unspecified atom stereocenters. The number of nitrogens with two attached hydrogens (primary N) is 1. The van der Waals surface area contributed by atoms with Crippen molar-refractivity contribution in [2.24, 2.45) is 5.73 Å². The molecule has 2 aromatic heterocycles. The van der Waals surface area contributed by atoms with Gasteiger partial charge in [-0.3, -0.25) is 10.1 Å². The van der Waals surface area contributed by atoms with E-state index in [2.05, 4.69) is 21.2 Å². The van der Waals surface area contributed by atoms with Gasteiger partial charge in [0.2, 0.25) is 0 Å². The molecule has 3 N–H and O–H groups in total. The molecule has 1 aliphatic rings. The summed E-state index contributed by atoms with van der Waals surface area (Å²) < 4.78 is 0. The average Bonchev–Trinajstić information content (AvgIpc) is 2.80. The highest BCUT2D eigenvalue weighted by atomic mass is 15.1. The van der Waals surface area contributed by atoms with E-state index in [-0.39, 0.29) is 5.54 Å². The molecule has 0 atom stereocenters. The van der Waals surface area contributed by atoms with Gasteiger partial charge in [-0.15, -0.1) is 0 Å². The van der Waals surface area contributed by atoms with Gasteiger partial charge in [0.25, 0.3) is 0 Å². The fraction of sp³-hybridized carbons (Fsp3) is 0.333. The number of rotatable bonds is 2. The zero-order chi connectivity index (χ0) is 11.0. The predicted molar refractivity (Wildman–Crippen MR) is 61.5 cm³/mol. The molecule has 4 nitrogen and oxygen atoms in total. The molecule has 0 amide bonds. The molecule has 0 aliphatic heterocycles. The number of aromatic nitrogens is 3. The van der Waals surface area contributed by atoms with Gasteiger partial charge in [0, 0.05) is 23.5 Å². The first-order chi connectivity index (χ1) is 7.78. The average molecular weight is 214 g/mol. The molecule has 82 valence electrons. The Morgan fingerprint density at radius 2 is 2.06 bits per heavy atom. The Morgan fingerprint density at radius 1 is 1.19 bits per heavy atom. The summed E-state index contributed by atoms with van der Waals surface area (Å²) in [5.41, 5.74) is 9.17. The monoisotopic (exact) mass is 214 g/mol. The van der Waals surface area contributed by atoms with Crippen LogP contribution in [0.25, 0.3) is 11.1 Å². The molecule has 16 heavy (non-hydrogen) atoms. The second-order valence-corrected chi connectivity index (χ2v) is 4.43. The van der Waals surface area contributed by atoms with E-state index in [1.807, 2.05) is 18.5 Å². The second-order valence-electron chi connectivity index (χ2n) is 4.43. The molecular formula is C12H14N4. The third-order valence-corrected chi connectivity index (χ3v) is 3.35. The van der Waals surface area contributed by atoms with Gasteiger partial charge in [0.1, 0.15) is 0 Å². The number of hydrogen-bond donors (Lipinski definition) is 2. The summed E-state index contributed by atoms with van der Waals surface area (Å²) in [7, 11) is 0. The van der Waals surface area contributed by atoms with Gasteiger partial charge in [0.15, 0.2) is 0 Å². The Morgan fingerprint density at radius 3 is 2.56 bits per heavy atom. The lowest BCUT2D eigenvalue weighted by atomic mass is 9.75. The van der Waals surface area contributed by atoms with E-state index in [4.69, 9.17) is 5.73 Å². The molecule has 2 heterocycles. The van der Waals surface area contributed by atoms with Gasteiger partial charge in [-0.2, -0.15) is 5.10 Å². The molecule has 0 saturated heterocycles. The Balaban J connectivity index is 1.91. The van der Waals surface area contributed by atoms with Crippen LogP contribution in [0.2, 0.25) is 0 Å². The maximum Gasteiger partial charge on any atom is 0.0602 e. The number of pyridine rings is 1. The van der Waals surface area contributed by atoms with E-state index in [9.17, 15) is 0 Å². The number of aromatic amines is 1. The van der Waals surface area contributed by atoms with Crippen LogP contribution < -0.4 is 5.73 Å². The number of hydrogen-bond acceptors (Lipinski definition) is 3. The molecule has 3 rings (SSSR count). The summed E-state index contributed by atoms with van der Waals surface area (Å²) in [6.07, 6.45) is 8.82. The zero-order valence-corrected chi connectivity index (χ0v) is 8.98. The van der Waals surface area contributed by atoms with Crippen molar-refractivity contribution < 1.29 is 0 Å². The van der Waals surface area contributed by atoms with Crippen molar-refractivity contribution in [1.29, 1.82) is 0 Å². The van der Waals surface area contributed by atoms with Gasteiger partial charge in [-0.05, 0) is 25.3 Å². The van der Waals surface area contributed by atoms with Crippen LogP contribution in [0.15, 0.2) is 30.7 Å². The quantitative estimate of drug-likeness (QED) is 0.801. The minimum atomic E-state index is -0.172. The van der Waals surface area contributed by atoms with E-state index in [1.54, 1.807) is 6.20 Å². The maximum atomic E-state index is 6.21. The van der Waals surface area contributed by atoms with E-state index in [0.29, 0.717) is 0 Å². The highest BCUT2D eigenvalue weighted by Gasteiger charge is 2.35. The summed E-state index contributed by atoms with van der Waals surface area (Å²) in [6, 6.07) is 4.08. The van der Waals surface area contributed by atoms with Crippen LogP contribution in [0, 0.1) is 0 Å². The first-order valence-electron chi connectivity index (χ1n) is 5.52. The molecule has 1 aliphatic carbocycles. The van der Waals surface area contributed by atoms with Gasteiger partial charge >= 0.3 is 0 Å². The van der Waals surface area contributed by atoms with E-state index in [0.717, 1.165) is 29.7 Å². The van der Waals surface area contributed by atoms with Crippen LogP contribution in [0.4, 0.5) is 0 Å². The van der Waals surface area contributed by atoms with E-state index >= 15 is 0 Å². The number of nitrogens with zero attached hydrogens (tertiary/aromatic N) is 2. The van der Waals surface area contributed by atoms with Crippen molar-refractivity contribution in [1.82, 2.24) is 15.2 Å². The van der Waals surface area contributed by atoms with E-state index in [1.165, 1.54) is 6.42 Å². The summed E-state index contributed by atoms with van der Waals surface area (Å²) in [4.78, 5) is 4.46. The molecule has 2 aromatic rings. The van der Waals surface area contributed by atoms with Crippen LogP contribution in [0.1, 0.15) is 25.0 Å². The normalized spacial score (nSPS) is 18.1. The molecule has 4 heteroatoms. The molecular weight excluding hydrogens is 200 g/mol. The highest BCUT2D eigenvalue weighted by molar-refractivity contribution is 5.60. The van der Waals surface area contributed by atoms with E-state index < -0.39 is 0 Å². The first-order valence-corrected chi connectivity index (χ1v) is 5.52. The van der Waals surface area contributed by atoms with Crippen molar-refractivity contribution in [2.75, 3.05) is 0 Å². The number of nitrogens with one attached hydrogen (secondary N) is 1. The van der Waals surface area contributed by atoms with Crippen molar-refractivity contribution in [3.63, 3.8) is 0 Å². The third-order valence-electron chi connectivity index (χ3n) is 3.35. The predicted octanol–water partition coefficient (Wildman–Crippen LogP) is 1.81. The fourth-order valence-corrected chi connectivity index (χ4v) is 2.08. The zero-order valence-electron chi connectivity index (χ0n) is 8.98. The SMILES string of the molecule is NC1(c2ccc(-c3cn[nH]c3)cn2)CCC1. The summed E-state index contributed by atoms with van der Waals surface area (Å²) in [6.45, 7) is 0. The lowest BCUT2D eigenvalue weighted by Gasteiger charge is -2.37. The summed E-state index contributed by atoms with van der Waals surface area (Å²) in [5, 5.41) is 6.71. The smallest absolute Gasteiger partial charge is 0.0602 e. The highest BCUT2D eigenvalue weighted by Crippen LogP contribution is 2.37. The minimum absolute atomic E-state index is 0.172. The lowest BCUT2D eigenvalue weighted by Crippen LogP contribution is -2.43. The maximum absolute atomic E-state index is 6.21. The van der Waals surface area contributed by atoms with Crippen LogP contribution in [0.3, 0.4) is 0 Å². The molecule has 0 radical (unpaired) electrons. The van der Waals surface area contributed by atoms with Crippen molar-refractivity contribution >= 4 is 0 Å². The second kappa shape index (κ2) is 3.42. The lowest BCUT2D eigenvalue weighted by molar-refractivity contribution is 0.246. The molecule has 1 saturated carbocycles. The van der Waals surface area contributed by atoms with Crippen LogP contribution in [0.5, 0.6) is 0 Å². The molecule has 1 fully saturated rings. The standard InChI is InChI=1S/C12H14N4/c13-12(4-1-5-12)11-3-2-9(6-14-11)10-7-15-16-8-10/h2-3,6-8H,1,4-5,13H2,(H,15,16). The summed E-state index contributed by atoms with van der Waals surface area (Å²) >= 11 is 0. The minimum Gasteiger partial charge on any atom is -0.320 e. The van der Waals surface area contributed by atoms with Crippen LogP contribution in [-0.2, 0) is 5.54 Å². The van der Waals surface area contributed by atoms with Gasteiger partial charge < -0.3 is 5.73 Å². The largest absolute Gasteiger partial charge is 0.320 e. The summed E-state index contributed by atoms with van der Waals surface area (Å²) in [5.74, 6) is 0. The van der Waals surface area contributed by atoms with Gasteiger partial charge in [0.05, 0.1) is 17.4 Å². The fourth-order valence-electron chi connectivity index (χ4n) is 2.08. The van der Waals surface area contributed by atoms with Crippen molar-refractivity contribution in [2.45, 2.75) is 24.8 Å². The molecule has 0 bridgehead atoms. The molecule has 0 spiro atoms. The van der Waals surface area contributed by atoms with Crippen molar-refractivity contribution in [3.05, 3.63) is 36.4 Å². The third kappa shape index (κ3) is 1.42. The van der Waals surface area contributed by atoms with Crippen LogP contribution in [-0.4, -0.2) is 15.2 Å².